The maximum Gasteiger partial charge on any atom is 0.119 e. The standard InChI is InChI=1S/C13H19BrO/c1-3-12(14)8-5-11-6-9-13(10-7-11)15-4-2/h6-7,9-10,12H,3-5,8H2,1-2H3. The molecule has 1 aromatic carbocycles. The van der Waals surface area contributed by atoms with Gasteiger partial charge in [0.25, 0.3) is 0 Å². The Labute approximate surface area is 101 Å². The van der Waals surface area contributed by atoms with Gasteiger partial charge in [-0.15, -0.1) is 0 Å². The van der Waals surface area contributed by atoms with E-state index in [0.29, 0.717) is 4.83 Å². The summed E-state index contributed by atoms with van der Waals surface area (Å²) in [6.07, 6.45) is 3.53. The second kappa shape index (κ2) is 6.89. The van der Waals surface area contributed by atoms with Gasteiger partial charge in [0.2, 0.25) is 0 Å². The van der Waals surface area contributed by atoms with Crippen molar-refractivity contribution in [2.24, 2.45) is 0 Å². The first-order chi connectivity index (χ1) is 7.26. The maximum absolute atomic E-state index is 5.40. The van der Waals surface area contributed by atoms with Gasteiger partial charge in [0.15, 0.2) is 0 Å². The topological polar surface area (TPSA) is 9.23 Å². The molecule has 0 saturated carbocycles. The fourth-order valence-electron chi connectivity index (χ4n) is 1.45. The minimum Gasteiger partial charge on any atom is -0.494 e. The highest BCUT2D eigenvalue weighted by Crippen LogP contribution is 2.16. The van der Waals surface area contributed by atoms with Crippen LogP contribution in [0.3, 0.4) is 0 Å². The summed E-state index contributed by atoms with van der Waals surface area (Å²) in [7, 11) is 0. The van der Waals surface area contributed by atoms with Crippen molar-refractivity contribution in [2.75, 3.05) is 6.61 Å². The quantitative estimate of drug-likeness (QED) is 0.705. The van der Waals surface area contributed by atoms with Crippen LogP contribution >= 0.6 is 15.9 Å². The van der Waals surface area contributed by atoms with Gasteiger partial charge in [-0.2, -0.15) is 0 Å². The van der Waals surface area contributed by atoms with Gasteiger partial charge >= 0.3 is 0 Å². The lowest BCUT2D eigenvalue weighted by atomic mass is 10.1. The second-order valence-corrected chi connectivity index (χ2v) is 4.92. The van der Waals surface area contributed by atoms with Gasteiger partial charge in [0.1, 0.15) is 5.75 Å². The summed E-state index contributed by atoms with van der Waals surface area (Å²) in [6, 6.07) is 8.41. The first kappa shape index (κ1) is 12.6. The Balaban J connectivity index is 2.42. The molecular weight excluding hydrogens is 252 g/mol. The van der Waals surface area contributed by atoms with Crippen LogP contribution in [0.5, 0.6) is 5.75 Å². The lowest BCUT2D eigenvalue weighted by Crippen LogP contribution is -1.98. The summed E-state index contributed by atoms with van der Waals surface area (Å²) in [5.41, 5.74) is 1.39. The molecule has 0 spiro atoms. The lowest BCUT2D eigenvalue weighted by Gasteiger charge is -2.07. The Morgan fingerprint density at radius 3 is 2.40 bits per heavy atom. The van der Waals surface area contributed by atoms with Crippen LogP contribution in [0, 0.1) is 0 Å². The zero-order chi connectivity index (χ0) is 11.1. The summed E-state index contributed by atoms with van der Waals surface area (Å²) >= 11 is 3.65. The molecule has 0 aromatic heterocycles. The van der Waals surface area contributed by atoms with E-state index in [1.807, 2.05) is 19.1 Å². The van der Waals surface area contributed by atoms with Crippen LogP contribution in [-0.2, 0) is 6.42 Å². The molecule has 0 N–H and O–H groups in total. The average Bonchev–Trinajstić information content (AvgIpc) is 2.28. The highest BCUT2D eigenvalue weighted by atomic mass is 79.9. The molecule has 0 saturated heterocycles. The van der Waals surface area contributed by atoms with Crippen LogP contribution in [0.2, 0.25) is 0 Å². The van der Waals surface area contributed by atoms with E-state index in [-0.39, 0.29) is 0 Å². The Hall–Kier alpha value is -0.500. The lowest BCUT2D eigenvalue weighted by molar-refractivity contribution is 0.340. The SMILES string of the molecule is CCOc1ccc(CCC(Br)CC)cc1. The van der Waals surface area contributed by atoms with Crippen molar-refractivity contribution in [2.45, 2.75) is 37.9 Å². The van der Waals surface area contributed by atoms with Crippen molar-refractivity contribution < 1.29 is 4.74 Å². The van der Waals surface area contributed by atoms with Crippen LogP contribution in [0.4, 0.5) is 0 Å². The molecular formula is C13H19BrO. The van der Waals surface area contributed by atoms with Gasteiger partial charge in [0.05, 0.1) is 6.61 Å². The summed E-state index contributed by atoms with van der Waals surface area (Å²) in [4.78, 5) is 0.643. The predicted molar refractivity (Wildman–Crippen MR) is 68.9 cm³/mol. The van der Waals surface area contributed by atoms with E-state index in [0.717, 1.165) is 18.8 Å². The highest BCUT2D eigenvalue weighted by Gasteiger charge is 2.01. The molecule has 0 heterocycles. The van der Waals surface area contributed by atoms with E-state index in [1.54, 1.807) is 0 Å². The molecule has 1 rings (SSSR count). The molecule has 0 bridgehead atoms. The molecule has 1 atom stereocenters. The normalized spacial score (nSPS) is 12.5. The molecule has 2 heteroatoms. The van der Waals surface area contributed by atoms with E-state index in [2.05, 4.69) is 35.0 Å². The molecule has 0 aliphatic heterocycles. The Morgan fingerprint density at radius 1 is 1.20 bits per heavy atom. The third-order valence-corrected chi connectivity index (χ3v) is 3.53. The van der Waals surface area contributed by atoms with Crippen molar-refractivity contribution in [3.63, 3.8) is 0 Å². The molecule has 0 radical (unpaired) electrons. The number of ether oxygens (including phenoxy) is 1. The molecule has 84 valence electrons. The van der Waals surface area contributed by atoms with E-state index in [1.165, 1.54) is 18.4 Å². The summed E-state index contributed by atoms with van der Waals surface area (Å²) < 4.78 is 5.40. The molecule has 1 unspecified atom stereocenters. The molecule has 0 amide bonds. The molecule has 0 aliphatic carbocycles. The summed E-state index contributed by atoms with van der Waals surface area (Å²) in [5.74, 6) is 0.965. The number of rotatable bonds is 6. The van der Waals surface area contributed by atoms with Crippen molar-refractivity contribution in [3.05, 3.63) is 29.8 Å². The van der Waals surface area contributed by atoms with Crippen LogP contribution in [-0.4, -0.2) is 11.4 Å². The number of halogens is 1. The molecule has 0 aliphatic rings. The van der Waals surface area contributed by atoms with Crippen molar-refractivity contribution in [3.8, 4) is 5.75 Å². The van der Waals surface area contributed by atoms with Gasteiger partial charge in [-0.25, -0.2) is 0 Å². The minimum atomic E-state index is 0.643. The van der Waals surface area contributed by atoms with E-state index < -0.39 is 0 Å². The second-order valence-electron chi connectivity index (χ2n) is 3.62. The number of aryl methyl sites for hydroxylation is 1. The maximum atomic E-state index is 5.40. The minimum absolute atomic E-state index is 0.643. The smallest absolute Gasteiger partial charge is 0.119 e. The Bertz CT molecular complexity index is 268. The molecule has 1 nitrogen and oxygen atoms in total. The van der Waals surface area contributed by atoms with Crippen LogP contribution in [0.15, 0.2) is 24.3 Å². The zero-order valence-electron chi connectivity index (χ0n) is 9.50. The van der Waals surface area contributed by atoms with Crippen LogP contribution in [0.25, 0.3) is 0 Å². The van der Waals surface area contributed by atoms with E-state index in [4.69, 9.17) is 4.74 Å². The van der Waals surface area contributed by atoms with Gasteiger partial charge < -0.3 is 4.74 Å². The van der Waals surface area contributed by atoms with Gasteiger partial charge in [-0.3, -0.25) is 0 Å². The number of benzene rings is 1. The fraction of sp³-hybridized carbons (Fsp3) is 0.538. The van der Waals surface area contributed by atoms with Crippen LogP contribution < -0.4 is 4.74 Å². The van der Waals surface area contributed by atoms with E-state index in [9.17, 15) is 0 Å². The number of alkyl halides is 1. The Morgan fingerprint density at radius 2 is 1.87 bits per heavy atom. The number of hydrogen-bond acceptors (Lipinski definition) is 1. The van der Waals surface area contributed by atoms with Gasteiger partial charge in [0, 0.05) is 4.83 Å². The number of hydrogen-bond donors (Lipinski definition) is 0. The molecule has 1 aromatic rings. The highest BCUT2D eigenvalue weighted by molar-refractivity contribution is 9.09. The first-order valence-corrected chi connectivity index (χ1v) is 6.53. The largest absolute Gasteiger partial charge is 0.494 e. The predicted octanol–water partition coefficient (Wildman–Crippen LogP) is 4.19. The van der Waals surface area contributed by atoms with Crippen molar-refractivity contribution in [1.82, 2.24) is 0 Å². The molecule has 15 heavy (non-hydrogen) atoms. The summed E-state index contributed by atoms with van der Waals surface area (Å²) in [6.45, 7) is 4.95. The van der Waals surface area contributed by atoms with Crippen LogP contribution in [0.1, 0.15) is 32.3 Å². The zero-order valence-corrected chi connectivity index (χ0v) is 11.1. The first-order valence-electron chi connectivity index (χ1n) is 5.62. The fourth-order valence-corrected chi connectivity index (χ4v) is 1.68. The van der Waals surface area contributed by atoms with Crippen molar-refractivity contribution >= 4 is 15.9 Å². The third-order valence-electron chi connectivity index (χ3n) is 2.42. The third kappa shape index (κ3) is 4.70. The van der Waals surface area contributed by atoms with Crippen molar-refractivity contribution in [1.29, 1.82) is 0 Å². The van der Waals surface area contributed by atoms with E-state index >= 15 is 0 Å². The van der Waals surface area contributed by atoms with Gasteiger partial charge in [-0.1, -0.05) is 35.0 Å². The summed E-state index contributed by atoms with van der Waals surface area (Å²) in [5, 5.41) is 0. The average molecular weight is 271 g/mol. The molecule has 0 fully saturated rings. The van der Waals surface area contributed by atoms with Gasteiger partial charge in [-0.05, 0) is 43.9 Å². The Kier molecular flexibility index (Phi) is 5.77. The monoisotopic (exact) mass is 270 g/mol.